The minimum absolute atomic E-state index is 0.125. The third-order valence-corrected chi connectivity index (χ3v) is 9.04. The van der Waals surface area contributed by atoms with Gasteiger partial charge in [0.1, 0.15) is 5.84 Å². The van der Waals surface area contributed by atoms with Crippen LogP contribution in [0.3, 0.4) is 0 Å². The second-order valence-corrected chi connectivity index (χ2v) is 11.0. The molecule has 4 rings (SSSR count). The standard InChI is InChI=1S/C28H42ClN5O/c1-5-28(6-2)14-13-23(32-28)25(20-8-10-21(29)11-9-20)27(35)34-17-15-33(16-18-34)26(30)24-19(3)7-12-22(24)31-4/h8-11,19,23,25,30-32H,5-7,12-18H2,1-4H3/t19-,23+,25?/m1/s1. The number of carbonyl (C=O) groups is 1. The number of carbonyl (C=O) groups excluding carboxylic acids is 1. The van der Waals surface area contributed by atoms with Crippen LogP contribution in [0.25, 0.3) is 0 Å². The number of benzene rings is 1. The molecule has 0 radical (unpaired) electrons. The summed E-state index contributed by atoms with van der Waals surface area (Å²) in [4.78, 5) is 18.2. The maximum Gasteiger partial charge on any atom is 0.231 e. The Kier molecular flexibility index (Phi) is 8.12. The van der Waals surface area contributed by atoms with E-state index in [0.29, 0.717) is 43.0 Å². The quantitative estimate of drug-likeness (QED) is 0.373. The number of halogens is 1. The monoisotopic (exact) mass is 499 g/mol. The Morgan fingerprint density at radius 2 is 1.77 bits per heavy atom. The molecule has 0 bridgehead atoms. The summed E-state index contributed by atoms with van der Waals surface area (Å²) in [6.45, 7) is 9.42. The van der Waals surface area contributed by atoms with Crippen molar-refractivity contribution in [3.05, 3.63) is 46.1 Å². The third-order valence-electron chi connectivity index (χ3n) is 8.79. The van der Waals surface area contributed by atoms with Crippen molar-refractivity contribution in [2.24, 2.45) is 5.92 Å². The van der Waals surface area contributed by atoms with Gasteiger partial charge in [-0.1, -0.05) is 44.5 Å². The van der Waals surface area contributed by atoms with Gasteiger partial charge in [-0.2, -0.15) is 0 Å². The fraction of sp³-hybridized carbons (Fsp3) is 0.643. The molecule has 0 saturated carbocycles. The molecule has 2 aliphatic heterocycles. The number of piperazine rings is 1. The van der Waals surface area contributed by atoms with Gasteiger partial charge in [0.2, 0.25) is 5.91 Å². The van der Waals surface area contributed by atoms with Crippen molar-refractivity contribution in [3.8, 4) is 0 Å². The number of allylic oxidation sites excluding steroid dienone is 1. The lowest BCUT2D eigenvalue weighted by Crippen LogP contribution is -2.54. The van der Waals surface area contributed by atoms with Gasteiger partial charge in [-0.15, -0.1) is 0 Å². The topological polar surface area (TPSA) is 71.5 Å². The number of hydrogen-bond donors (Lipinski definition) is 3. The molecule has 2 heterocycles. The Bertz CT molecular complexity index is 947. The van der Waals surface area contributed by atoms with Crippen LogP contribution < -0.4 is 10.6 Å². The Balaban J connectivity index is 1.49. The van der Waals surface area contributed by atoms with Gasteiger partial charge in [0.25, 0.3) is 0 Å². The summed E-state index contributed by atoms with van der Waals surface area (Å²) < 4.78 is 0. The van der Waals surface area contributed by atoms with Crippen LogP contribution in [0.15, 0.2) is 35.5 Å². The molecular weight excluding hydrogens is 458 g/mol. The van der Waals surface area contributed by atoms with E-state index in [1.807, 2.05) is 36.2 Å². The molecule has 192 valence electrons. The van der Waals surface area contributed by atoms with Gasteiger partial charge >= 0.3 is 0 Å². The SMILES string of the molecule is CCC1(CC)CC[C@@H](C(C(=O)N2CCN(C(=N)C3=C(NC)CC[C@H]3C)CC2)c2ccc(Cl)cc2)N1. The molecular formula is C28H42ClN5O. The van der Waals surface area contributed by atoms with Crippen LogP contribution in [-0.2, 0) is 4.79 Å². The van der Waals surface area contributed by atoms with Crippen LogP contribution in [0.2, 0.25) is 5.02 Å². The van der Waals surface area contributed by atoms with Crippen molar-refractivity contribution < 1.29 is 4.79 Å². The first-order valence-electron chi connectivity index (χ1n) is 13.4. The lowest BCUT2D eigenvalue weighted by Gasteiger charge is -2.39. The average molecular weight is 500 g/mol. The number of nitrogens with one attached hydrogen (secondary N) is 3. The molecule has 2 fully saturated rings. The third kappa shape index (κ3) is 5.24. The number of rotatable bonds is 7. The van der Waals surface area contributed by atoms with Gasteiger partial charge in [0.15, 0.2) is 0 Å². The highest BCUT2D eigenvalue weighted by molar-refractivity contribution is 6.30. The van der Waals surface area contributed by atoms with Crippen molar-refractivity contribution >= 4 is 23.3 Å². The lowest BCUT2D eigenvalue weighted by molar-refractivity contribution is -0.134. The zero-order valence-electron chi connectivity index (χ0n) is 21.8. The zero-order chi connectivity index (χ0) is 25.2. The maximum absolute atomic E-state index is 14.0. The second-order valence-electron chi connectivity index (χ2n) is 10.5. The van der Waals surface area contributed by atoms with E-state index < -0.39 is 0 Å². The van der Waals surface area contributed by atoms with Crippen molar-refractivity contribution in [2.45, 2.75) is 76.8 Å². The van der Waals surface area contributed by atoms with E-state index in [0.717, 1.165) is 49.7 Å². The summed E-state index contributed by atoms with van der Waals surface area (Å²) in [6, 6.07) is 7.96. The molecule has 3 aliphatic rings. The fourth-order valence-electron chi connectivity index (χ4n) is 6.33. The van der Waals surface area contributed by atoms with Crippen LogP contribution in [-0.4, -0.2) is 66.4 Å². The van der Waals surface area contributed by atoms with Crippen molar-refractivity contribution in [1.29, 1.82) is 5.41 Å². The van der Waals surface area contributed by atoms with Crippen LogP contribution in [0.1, 0.15) is 70.8 Å². The Morgan fingerprint density at radius 1 is 1.14 bits per heavy atom. The maximum atomic E-state index is 14.0. The molecule has 3 N–H and O–H groups in total. The van der Waals surface area contributed by atoms with E-state index in [4.69, 9.17) is 17.0 Å². The van der Waals surface area contributed by atoms with E-state index >= 15 is 0 Å². The van der Waals surface area contributed by atoms with Crippen LogP contribution in [0.5, 0.6) is 0 Å². The molecule has 7 heteroatoms. The molecule has 1 amide bonds. The van der Waals surface area contributed by atoms with E-state index in [9.17, 15) is 4.79 Å². The summed E-state index contributed by atoms with van der Waals surface area (Å²) in [5.74, 6) is 1.02. The summed E-state index contributed by atoms with van der Waals surface area (Å²) in [6.07, 6.45) is 6.37. The zero-order valence-corrected chi connectivity index (χ0v) is 22.5. The number of amides is 1. The van der Waals surface area contributed by atoms with E-state index in [-0.39, 0.29) is 23.4 Å². The van der Waals surface area contributed by atoms with Gasteiger partial charge in [-0.25, -0.2) is 0 Å². The first kappa shape index (κ1) is 26.0. The van der Waals surface area contributed by atoms with Crippen LogP contribution in [0.4, 0.5) is 0 Å². The average Bonchev–Trinajstić information content (AvgIpc) is 3.48. The first-order valence-corrected chi connectivity index (χ1v) is 13.8. The summed E-state index contributed by atoms with van der Waals surface area (Å²) in [5.41, 5.74) is 3.52. The summed E-state index contributed by atoms with van der Waals surface area (Å²) in [5, 5.41) is 16.8. The molecule has 2 saturated heterocycles. The van der Waals surface area contributed by atoms with Gasteiger partial charge in [0, 0.05) is 61.1 Å². The van der Waals surface area contributed by atoms with Crippen molar-refractivity contribution in [2.75, 3.05) is 33.2 Å². The van der Waals surface area contributed by atoms with E-state index in [2.05, 4.69) is 36.3 Å². The van der Waals surface area contributed by atoms with Crippen LogP contribution >= 0.6 is 11.6 Å². The molecule has 1 unspecified atom stereocenters. The number of nitrogens with zero attached hydrogens (tertiary/aromatic N) is 2. The molecule has 6 nitrogen and oxygen atoms in total. The Morgan fingerprint density at radius 3 is 2.34 bits per heavy atom. The van der Waals surface area contributed by atoms with Crippen molar-refractivity contribution in [3.63, 3.8) is 0 Å². The predicted molar refractivity (Wildman–Crippen MR) is 144 cm³/mol. The van der Waals surface area contributed by atoms with Gasteiger partial charge in [0.05, 0.1) is 5.92 Å². The lowest BCUT2D eigenvalue weighted by atomic mass is 9.88. The Hall–Kier alpha value is -2.05. The highest BCUT2D eigenvalue weighted by Gasteiger charge is 2.43. The number of hydrogen-bond acceptors (Lipinski definition) is 4. The van der Waals surface area contributed by atoms with Gasteiger partial charge in [-0.05, 0) is 62.1 Å². The van der Waals surface area contributed by atoms with E-state index in [1.165, 1.54) is 5.70 Å². The normalized spacial score (nSPS) is 25.2. The smallest absolute Gasteiger partial charge is 0.231 e. The molecule has 35 heavy (non-hydrogen) atoms. The molecule has 3 atom stereocenters. The molecule has 0 aromatic heterocycles. The largest absolute Gasteiger partial charge is 0.391 e. The fourth-order valence-corrected chi connectivity index (χ4v) is 6.46. The molecule has 0 spiro atoms. The highest BCUT2D eigenvalue weighted by atomic mass is 35.5. The predicted octanol–water partition coefficient (Wildman–Crippen LogP) is 4.76. The van der Waals surface area contributed by atoms with Gasteiger partial charge in [-0.3, -0.25) is 10.2 Å². The van der Waals surface area contributed by atoms with E-state index in [1.54, 1.807) is 0 Å². The Labute approximate surface area is 216 Å². The second kappa shape index (κ2) is 10.9. The minimum Gasteiger partial charge on any atom is -0.391 e. The molecule has 1 aromatic rings. The first-order chi connectivity index (χ1) is 16.8. The van der Waals surface area contributed by atoms with Gasteiger partial charge < -0.3 is 20.4 Å². The highest BCUT2D eigenvalue weighted by Crippen LogP contribution is 2.37. The summed E-state index contributed by atoms with van der Waals surface area (Å²) in [7, 11) is 1.96. The molecule has 1 aliphatic carbocycles. The minimum atomic E-state index is -0.216. The molecule has 1 aromatic carbocycles. The number of amidine groups is 1. The van der Waals surface area contributed by atoms with Crippen molar-refractivity contribution in [1.82, 2.24) is 20.4 Å². The summed E-state index contributed by atoms with van der Waals surface area (Å²) >= 11 is 6.18. The van der Waals surface area contributed by atoms with Crippen LogP contribution in [0, 0.1) is 11.3 Å².